The van der Waals surface area contributed by atoms with E-state index in [9.17, 15) is 8.42 Å². The Morgan fingerprint density at radius 2 is 1.78 bits per heavy atom. The van der Waals surface area contributed by atoms with Crippen LogP contribution in [0.4, 0.5) is 5.82 Å². The van der Waals surface area contributed by atoms with Crippen molar-refractivity contribution < 1.29 is 8.42 Å². The molecule has 0 aliphatic heterocycles. The van der Waals surface area contributed by atoms with Gasteiger partial charge in [0, 0.05) is 35.1 Å². The molecule has 5 N–H and O–H groups in total. The summed E-state index contributed by atoms with van der Waals surface area (Å²) in [5.41, 5.74) is 16.4. The molecule has 0 spiro atoms. The minimum atomic E-state index is -3.67. The molecule has 1 aromatic carbocycles. The largest absolute Gasteiger partial charge is 0.382 e. The van der Waals surface area contributed by atoms with E-state index >= 15 is 0 Å². The van der Waals surface area contributed by atoms with Crippen LogP contribution < -0.4 is 16.2 Å². The molecule has 8 nitrogen and oxygen atoms in total. The molecule has 1 fully saturated rings. The Hall–Kier alpha value is -2.88. The molecule has 2 aromatic heterocycles. The van der Waals surface area contributed by atoms with Crippen LogP contribution >= 0.6 is 0 Å². The van der Waals surface area contributed by atoms with Crippen molar-refractivity contribution in [3.05, 3.63) is 54.0 Å². The summed E-state index contributed by atoms with van der Waals surface area (Å²) in [5.74, 6) is 0.304. The highest BCUT2D eigenvalue weighted by Crippen LogP contribution is 2.29. The van der Waals surface area contributed by atoms with Crippen molar-refractivity contribution in [3.63, 3.8) is 0 Å². The van der Waals surface area contributed by atoms with Crippen LogP contribution in [0.5, 0.6) is 0 Å². The smallest absolute Gasteiger partial charge is 0.240 e. The third kappa shape index (κ3) is 4.79. The fourth-order valence-electron chi connectivity index (χ4n) is 4.00. The number of pyridine rings is 1. The Morgan fingerprint density at radius 1 is 1.03 bits per heavy atom. The van der Waals surface area contributed by atoms with Crippen LogP contribution in [0.15, 0.2) is 47.6 Å². The lowest BCUT2D eigenvalue weighted by Crippen LogP contribution is -2.40. The number of hydrogen-bond donors (Lipinski definition) is 3. The number of benzene rings is 1. The Kier molecular flexibility index (Phi) is 6.23. The van der Waals surface area contributed by atoms with E-state index in [0.29, 0.717) is 22.8 Å². The van der Waals surface area contributed by atoms with E-state index in [2.05, 4.69) is 14.7 Å². The van der Waals surface area contributed by atoms with Gasteiger partial charge < -0.3 is 11.5 Å². The van der Waals surface area contributed by atoms with Gasteiger partial charge in [0.15, 0.2) is 0 Å². The maximum absolute atomic E-state index is 13.1. The Balaban J connectivity index is 1.68. The number of nitrogen functional groups attached to an aromatic ring is 1. The van der Waals surface area contributed by atoms with Gasteiger partial charge in [-0.25, -0.2) is 23.1 Å². The standard InChI is InChI=1S/C23H28N6O2S/c1-14-3-8-19(32(30,31)29-18-6-4-17(24)5-7-18)12-20(14)21-13-27-23(25)22(28-21)16-9-10-26-15(2)11-16/h3,8-13,17-18,29H,4-7,24H2,1-2H3,(H2,25,27). The molecule has 2 heterocycles. The van der Waals surface area contributed by atoms with Crippen LogP contribution in [-0.4, -0.2) is 35.5 Å². The third-order valence-corrected chi connectivity index (χ3v) is 7.38. The van der Waals surface area contributed by atoms with Crippen molar-refractivity contribution in [2.75, 3.05) is 5.73 Å². The highest BCUT2D eigenvalue weighted by atomic mass is 32.2. The van der Waals surface area contributed by atoms with Crippen molar-refractivity contribution in [2.24, 2.45) is 5.73 Å². The highest BCUT2D eigenvalue weighted by molar-refractivity contribution is 7.89. The molecule has 32 heavy (non-hydrogen) atoms. The Labute approximate surface area is 188 Å². The lowest BCUT2D eigenvalue weighted by Gasteiger charge is -2.26. The van der Waals surface area contributed by atoms with Crippen LogP contribution in [-0.2, 0) is 10.0 Å². The number of nitrogens with one attached hydrogen (secondary N) is 1. The van der Waals surface area contributed by atoms with E-state index in [1.165, 1.54) is 0 Å². The fraction of sp³-hybridized carbons (Fsp3) is 0.348. The number of nitrogens with two attached hydrogens (primary N) is 2. The van der Waals surface area contributed by atoms with Crippen LogP contribution in [0.2, 0.25) is 0 Å². The van der Waals surface area contributed by atoms with Gasteiger partial charge in [-0.2, -0.15) is 0 Å². The maximum atomic E-state index is 13.1. The minimum Gasteiger partial charge on any atom is -0.382 e. The van der Waals surface area contributed by atoms with Crippen molar-refractivity contribution in [1.29, 1.82) is 0 Å². The number of rotatable bonds is 5. The average molecular weight is 453 g/mol. The molecule has 1 aliphatic carbocycles. The second-order valence-electron chi connectivity index (χ2n) is 8.38. The first kappa shape index (κ1) is 22.3. The number of aromatic nitrogens is 3. The van der Waals surface area contributed by atoms with Crippen LogP contribution in [0, 0.1) is 13.8 Å². The number of sulfonamides is 1. The number of aryl methyl sites for hydroxylation is 2. The molecule has 0 amide bonds. The highest BCUT2D eigenvalue weighted by Gasteiger charge is 2.25. The van der Waals surface area contributed by atoms with Gasteiger partial charge in [0.25, 0.3) is 0 Å². The second-order valence-corrected chi connectivity index (χ2v) is 10.1. The first-order valence-electron chi connectivity index (χ1n) is 10.7. The second kappa shape index (κ2) is 8.93. The van der Waals surface area contributed by atoms with E-state index in [0.717, 1.165) is 42.5 Å². The van der Waals surface area contributed by atoms with Crippen LogP contribution in [0.25, 0.3) is 22.5 Å². The zero-order valence-electron chi connectivity index (χ0n) is 18.2. The van der Waals surface area contributed by atoms with Crippen molar-refractivity contribution in [3.8, 4) is 22.5 Å². The molecule has 1 saturated carbocycles. The summed E-state index contributed by atoms with van der Waals surface area (Å²) < 4.78 is 28.9. The Bertz CT molecular complexity index is 1240. The van der Waals surface area contributed by atoms with Gasteiger partial charge in [0.1, 0.15) is 11.5 Å². The van der Waals surface area contributed by atoms with E-state index in [1.807, 2.05) is 26.0 Å². The van der Waals surface area contributed by atoms with E-state index in [4.69, 9.17) is 16.5 Å². The lowest BCUT2D eigenvalue weighted by atomic mass is 9.93. The van der Waals surface area contributed by atoms with Gasteiger partial charge in [-0.15, -0.1) is 0 Å². The van der Waals surface area contributed by atoms with E-state index in [1.54, 1.807) is 30.6 Å². The molecule has 3 aromatic rings. The van der Waals surface area contributed by atoms with Crippen molar-refractivity contribution >= 4 is 15.8 Å². The monoisotopic (exact) mass is 452 g/mol. The summed E-state index contributed by atoms with van der Waals surface area (Å²) >= 11 is 0. The summed E-state index contributed by atoms with van der Waals surface area (Å²) in [6.45, 7) is 3.80. The summed E-state index contributed by atoms with van der Waals surface area (Å²) in [5, 5.41) is 0. The lowest BCUT2D eigenvalue weighted by molar-refractivity contribution is 0.373. The molecule has 0 atom stereocenters. The first-order chi connectivity index (χ1) is 15.2. The zero-order chi connectivity index (χ0) is 22.9. The van der Waals surface area contributed by atoms with Crippen LogP contribution in [0.3, 0.4) is 0 Å². The van der Waals surface area contributed by atoms with Gasteiger partial charge in [0.2, 0.25) is 10.0 Å². The quantitative estimate of drug-likeness (QED) is 0.541. The number of anilines is 1. The molecule has 0 saturated heterocycles. The third-order valence-electron chi connectivity index (χ3n) is 5.86. The number of nitrogens with zero attached hydrogens (tertiary/aromatic N) is 3. The van der Waals surface area contributed by atoms with Gasteiger partial charge in [-0.05, 0) is 69.4 Å². The molecule has 9 heteroatoms. The molecule has 0 radical (unpaired) electrons. The topological polar surface area (TPSA) is 137 Å². The fourth-order valence-corrected chi connectivity index (χ4v) is 5.33. The molecule has 4 rings (SSSR count). The van der Waals surface area contributed by atoms with Crippen molar-refractivity contribution in [2.45, 2.75) is 56.5 Å². The summed E-state index contributed by atoms with van der Waals surface area (Å²) in [4.78, 5) is 13.4. The van der Waals surface area contributed by atoms with Gasteiger partial charge in [-0.1, -0.05) is 6.07 Å². The molecule has 0 bridgehead atoms. The van der Waals surface area contributed by atoms with E-state index in [-0.39, 0.29) is 17.0 Å². The summed E-state index contributed by atoms with van der Waals surface area (Å²) in [6.07, 6.45) is 6.41. The van der Waals surface area contributed by atoms with Crippen molar-refractivity contribution in [1.82, 2.24) is 19.7 Å². The summed E-state index contributed by atoms with van der Waals surface area (Å²) in [7, 11) is -3.67. The molecule has 0 unspecified atom stereocenters. The normalized spacial score (nSPS) is 19.1. The molecule has 1 aliphatic rings. The maximum Gasteiger partial charge on any atom is 0.240 e. The molecule has 168 valence electrons. The van der Waals surface area contributed by atoms with Gasteiger partial charge in [-0.3, -0.25) is 4.98 Å². The Morgan fingerprint density at radius 3 is 2.50 bits per heavy atom. The zero-order valence-corrected chi connectivity index (χ0v) is 19.1. The van der Waals surface area contributed by atoms with Gasteiger partial charge in [0.05, 0.1) is 16.8 Å². The predicted molar refractivity (Wildman–Crippen MR) is 125 cm³/mol. The first-order valence-corrected chi connectivity index (χ1v) is 12.2. The molecular formula is C23H28N6O2S. The average Bonchev–Trinajstić information content (AvgIpc) is 2.76. The molecular weight excluding hydrogens is 424 g/mol. The summed E-state index contributed by atoms with van der Waals surface area (Å²) in [6, 6.07) is 8.82. The SMILES string of the molecule is Cc1cc(-c2nc(-c3cc(S(=O)(=O)NC4CCC(N)CC4)ccc3C)cnc2N)ccn1. The van der Waals surface area contributed by atoms with Gasteiger partial charge >= 0.3 is 0 Å². The number of hydrogen-bond acceptors (Lipinski definition) is 7. The van der Waals surface area contributed by atoms with E-state index < -0.39 is 10.0 Å². The minimum absolute atomic E-state index is 0.0950. The predicted octanol–water partition coefficient (Wildman–Crippen LogP) is 2.95. The van der Waals surface area contributed by atoms with Crippen LogP contribution in [0.1, 0.15) is 36.9 Å².